The fraction of sp³-hybridized carbons (Fsp3) is 0.500. The molecule has 1 aromatic rings. The van der Waals surface area contributed by atoms with Crippen LogP contribution in [-0.4, -0.2) is 35.1 Å². The smallest absolute Gasteiger partial charge is 0.237 e. The number of aromatic nitrogens is 1. The van der Waals surface area contributed by atoms with Gasteiger partial charge in [0.05, 0.1) is 7.11 Å². The van der Waals surface area contributed by atoms with Crippen LogP contribution in [0.5, 0.6) is 5.88 Å². The van der Waals surface area contributed by atoms with Crippen LogP contribution >= 0.6 is 0 Å². The van der Waals surface area contributed by atoms with Crippen LogP contribution in [0.2, 0.25) is 0 Å². The van der Waals surface area contributed by atoms with Crippen LogP contribution < -0.4 is 15.9 Å². The maximum atomic E-state index is 9.36. The number of methoxy groups -OCH3 is 1. The Morgan fingerprint density at radius 3 is 2.88 bits per heavy atom. The van der Waals surface area contributed by atoms with E-state index in [2.05, 4.69) is 26.4 Å². The van der Waals surface area contributed by atoms with Crippen LogP contribution in [0.15, 0.2) is 28.3 Å². The number of rotatable bonds is 3. The lowest BCUT2D eigenvalue weighted by Gasteiger charge is -2.30. The van der Waals surface area contributed by atoms with Crippen molar-refractivity contribution in [2.75, 3.05) is 12.4 Å². The molecule has 0 bridgehead atoms. The molecule has 8 heteroatoms. The summed E-state index contributed by atoms with van der Waals surface area (Å²) in [5, 5.41) is 13.7. The Morgan fingerprint density at radius 1 is 1.38 bits per heavy atom. The molecule has 3 rings (SSSR count). The normalized spacial score (nSPS) is 21.5. The van der Waals surface area contributed by atoms with E-state index < -0.39 is 6.17 Å². The fourth-order valence-corrected chi connectivity index (χ4v) is 3.01. The molecule has 1 unspecified atom stereocenters. The maximum absolute atomic E-state index is 9.36. The summed E-state index contributed by atoms with van der Waals surface area (Å²) in [7, 11) is 1.55. The number of nitrogens with one attached hydrogen (secondary N) is 1. The van der Waals surface area contributed by atoms with Crippen LogP contribution in [0, 0.1) is 17.2 Å². The lowest BCUT2D eigenvalue weighted by molar-refractivity contribution is 0.371. The minimum atomic E-state index is -0.787. The van der Waals surface area contributed by atoms with Crippen molar-refractivity contribution in [1.82, 2.24) is 9.99 Å². The summed E-state index contributed by atoms with van der Waals surface area (Å²) in [6, 6.07) is 5.71. The zero-order valence-corrected chi connectivity index (χ0v) is 13.6. The molecule has 24 heavy (non-hydrogen) atoms. The van der Waals surface area contributed by atoms with E-state index in [9.17, 15) is 5.26 Å². The second-order valence-corrected chi connectivity index (χ2v) is 5.85. The molecule has 1 aromatic heterocycles. The highest BCUT2D eigenvalue weighted by molar-refractivity contribution is 6.05. The topological polar surface area (TPSA) is 112 Å². The van der Waals surface area contributed by atoms with Crippen molar-refractivity contribution in [2.45, 2.75) is 38.3 Å². The zero-order valence-electron chi connectivity index (χ0n) is 13.6. The number of guanidine groups is 1. The van der Waals surface area contributed by atoms with Crippen molar-refractivity contribution < 1.29 is 4.74 Å². The van der Waals surface area contributed by atoms with E-state index in [1.54, 1.807) is 19.4 Å². The molecule has 1 saturated carbocycles. The Bertz CT molecular complexity index is 688. The van der Waals surface area contributed by atoms with Crippen molar-refractivity contribution in [3.63, 3.8) is 0 Å². The van der Waals surface area contributed by atoms with Gasteiger partial charge in [-0.3, -0.25) is 0 Å². The van der Waals surface area contributed by atoms with Crippen LogP contribution in [0.25, 0.3) is 0 Å². The number of anilines is 1. The summed E-state index contributed by atoms with van der Waals surface area (Å²) in [6.07, 6.45) is 6.54. The molecule has 0 radical (unpaired) electrons. The quantitative estimate of drug-likeness (QED) is 0.820. The monoisotopic (exact) mass is 327 g/mol. The van der Waals surface area contributed by atoms with Crippen molar-refractivity contribution in [2.24, 2.45) is 21.7 Å². The Balaban J connectivity index is 1.88. The Hall–Kier alpha value is -2.66. The van der Waals surface area contributed by atoms with Gasteiger partial charge >= 0.3 is 0 Å². The van der Waals surface area contributed by atoms with E-state index in [4.69, 9.17) is 10.6 Å². The lowest BCUT2D eigenvalue weighted by atomic mass is 9.88. The van der Waals surface area contributed by atoms with Crippen LogP contribution in [0.4, 0.5) is 5.69 Å². The van der Waals surface area contributed by atoms with E-state index >= 15 is 0 Å². The van der Waals surface area contributed by atoms with Gasteiger partial charge in [-0.15, -0.1) is 0 Å². The highest BCUT2D eigenvalue weighted by Gasteiger charge is 2.29. The number of nitriles is 1. The van der Waals surface area contributed by atoms with Crippen LogP contribution in [-0.2, 0) is 0 Å². The number of ether oxygens (including phenoxy) is 1. The van der Waals surface area contributed by atoms with E-state index in [1.165, 1.54) is 24.3 Å². The molecule has 1 aliphatic heterocycles. The molecule has 8 nitrogen and oxygen atoms in total. The van der Waals surface area contributed by atoms with E-state index in [0.717, 1.165) is 12.8 Å². The summed E-state index contributed by atoms with van der Waals surface area (Å²) < 4.78 is 5.24. The standard InChI is InChI=1S/C16H21N7O/c1-24-15-12(8-5-9-19-15)20-16-22-14(11-6-3-2-4-7-11)21-13(10-17)23(16)18/h5,8-9,11,13H,2-4,6-7,18H2,1H3,(H,20,21,22). The fourth-order valence-electron chi connectivity index (χ4n) is 3.01. The summed E-state index contributed by atoms with van der Waals surface area (Å²) in [5.74, 6) is 7.82. The highest BCUT2D eigenvalue weighted by atomic mass is 16.5. The number of amidine groups is 1. The second kappa shape index (κ2) is 7.27. The molecule has 1 fully saturated rings. The van der Waals surface area contributed by atoms with Crippen molar-refractivity contribution >= 4 is 17.5 Å². The largest absolute Gasteiger partial charge is 0.480 e. The number of hydrogen-bond donors (Lipinski definition) is 2. The summed E-state index contributed by atoms with van der Waals surface area (Å²) in [6.45, 7) is 0. The molecule has 0 amide bonds. The first-order chi connectivity index (χ1) is 11.7. The molecule has 1 atom stereocenters. The van der Waals surface area contributed by atoms with Crippen molar-refractivity contribution in [3.05, 3.63) is 18.3 Å². The molecule has 0 saturated heterocycles. The number of hydrogen-bond acceptors (Lipinski definition) is 8. The number of aliphatic imine (C=N–C) groups is 2. The van der Waals surface area contributed by atoms with Gasteiger partial charge in [0.2, 0.25) is 18.0 Å². The van der Waals surface area contributed by atoms with Crippen LogP contribution in [0.1, 0.15) is 32.1 Å². The number of nitrogens with zero attached hydrogens (tertiary/aromatic N) is 5. The first-order valence-electron chi connectivity index (χ1n) is 8.09. The molecule has 0 aromatic carbocycles. The molecular weight excluding hydrogens is 306 g/mol. The summed E-state index contributed by atoms with van der Waals surface area (Å²) in [4.78, 5) is 13.1. The molecule has 2 aliphatic rings. The van der Waals surface area contributed by atoms with Gasteiger partial charge in [0, 0.05) is 12.1 Å². The number of nitrogens with two attached hydrogens (primary N) is 1. The zero-order chi connectivity index (χ0) is 16.9. The van der Waals surface area contributed by atoms with Gasteiger partial charge in [-0.1, -0.05) is 19.3 Å². The summed E-state index contributed by atoms with van der Waals surface area (Å²) in [5.41, 5.74) is 0.635. The van der Waals surface area contributed by atoms with E-state index in [-0.39, 0.29) is 5.92 Å². The highest BCUT2D eigenvalue weighted by Crippen LogP contribution is 2.28. The van der Waals surface area contributed by atoms with Gasteiger partial charge in [0.1, 0.15) is 17.6 Å². The first-order valence-corrected chi connectivity index (χ1v) is 8.09. The summed E-state index contributed by atoms with van der Waals surface area (Å²) >= 11 is 0. The van der Waals surface area contributed by atoms with Crippen LogP contribution in [0.3, 0.4) is 0 Å². The molecule has 1 aliphatic carbocycles. The van der Waals surface area contributed by atoms with Gasteiger partial charge in [-0.25, -0.2) is 20.8 Å². The average molecular weight is 327 g/mol. The third-order valence-corrected chi connectivity index (χ3v) is 4.28. The number of pyridine rings is 1. The van der Waals surface area contributed by atoms with Crippen molar-refractivity contribution in [1.29, 1.82) is 5.26 Å². The minimum absolute atomic E-state index is 0.288. The number of hydrazine groups is 1. The predicted molar refractivity (Wildman–Crippen MR) is 91.3 cm³/mol. The van der Waals surface area contributed by atoms with Gasteiger partial charge < -0.3 is 10.1 Å². The van der Waals surface area contributed by atoms with Gasteiger partial charge in [-0.2, -0.15) is 10.3 Å². The van der Waals surface area contributed by atoms with Gasteiger partial charge in [0.15, 0.2) is 0 Å². The third-order valence-electron chi connectivity index (χ3n) is 4.28. The maximum Gasteiger partial charge on any atom is 0.237 e. The lowest BCUT2D eigenvalue weighted by Crippen LogP contribution is -2.51. The molecular formula is C16H21N7O. The van der Waals surface area contributed by atoms with Crippen molar-refractivity contribution in [3.8, 4) is 11.9 Å². The average Bonchev–Trinajstić information content (AvgIpc) is 2.64. The minimum Gasteiger partial charge on any atom is -0.480 e. The third kappa shape index (κ3) is 3.31. The Labute approximate surface area is 141 Å². The first kappa shape index (κ1) is 16.2. The molecule has 2 heterocycles. The van der Waals surface area contributed by atoms with E-state index in [1.807, 2.05) is 6.07 Å². The Kier molecular flexibility index (Phi) is 4.91. The SMILES string of the molecule is COc1ncccc1NC1=NC(C2CCCCC2)=NC(C#N)N1N. The molecule has 126 valence electrons. The van der Waals surface area contributed by atoms with Gasteiger partial charge in [0.25, 0.3) is 0 Å². The van der Waals surface area contributed by atoms with Gasteiger partial charge in [-0.05, 0) is 25.0 Å². The predicted octanol–water partition coefficient (Wildman–Crippen LogP) is 1.88. The molecule has 0 spiro atoms. The van der Waals surface area contributed by atoms with E-state index in [0.29, 0.717) is 23.4 Å². The molecule has 3 N–H and O–H groups in total. The Morgan fingerprint density at radius 2 is 2.17 bits per heavy atom. The second-order valence-electron chi connectivity index (χ2n) is 5.85.